The first-order valence-corrected chi connectivity index (χ1v) is 8.40. The third kappa shape index (κ3) is 5.44. The molecule has 134 valence electrons. The zero-order chi connectivity index (χ0) is 17.7. The molecule has 6 heteroatoms. The number of amides is 1. The van der Waals surface area contributed by atoms with Crippen molar-refractivity contribution in [1.82, 2.24) is 10.2 Å². The molecule has 1 atom stereocenters. The molecular formula is C18H26F2N2O2. The van der Waals surface area contributed by atoms with Crippen LogP contribution in [0.2, 0.25) is 0 Å². The molecule has 1 aliphatic rings. The van der Waals surface area contributed by atoms with Gasteiger partial charge in [-0.3, -0.25) is 4.90 Å². The van der Waals surface area contributed by atoms with Gasteiger partial charge in [0.2, 0.25) is 0 Å². The van der Waals surface area contributed by atoms with Crippen LogP contribution in [0.4, 0.5) is 13.6 Å². The van der Waals surface area contributed by atoms with E-state index >= 15 is 0 Å². The van der Waals surface area contributed by atoms with Crippen molar-refractivity contribution < 1.29 is 18.3 Å². The van der Waals surface area contributed by atoms with Gasteiger partial charge in [-0.2, -0.15) is 0 Å². The smallest absolute Gasteiger partial charge is 0.407 e. The number of likely N-dealkylation sites (tertiary alicyclic amines) is 1. The Kier molecular flexibility index (Phi) is 6.15. The van der Waals surface area contributed by atoms with Gasteiger partial charge in [-0.1, -0.05) is 18.6 Å². The lowest BCUT2D eigenvalue weighted by molar-refractivity contribution is 0.0491. The van der Waals surface area contributed by atoms with E-state index in [1.807, 2.05) is 20.8 Å². The van der Waals surface area contributed by atoms with Gasteiger partial charge in [0.25, 0.3) is 0 Å². The molecule has 0 bridgehead atoms. The summed E-state index contributed by atoms with van der Waals surface area (Å²) in [6, 6.07) is 4.34. The molecule has 0 saturated carbocycles. The Morgan fingerprint density at radius 1 is 1.33 bits per heavy atom. The second kappa shape index (κ2) is 7.92. The van der Waals surface area contributed by atoms with Crippen LogP contribution in [-0.2, 0) is 11.3 Å². The SMILES string of the molecule is CC(C)(C)OC(=O)NC[C@H]1CCCCN1Cc1cccc(F)c1F. The maximum absolute atomic E-state index is 13.9. The van der Waals surface area contributed by atoms with Crippen LogP contribution in [0, 0.1) is 11.6 Å². The molecule has 24 heavy (non-hydrogen) atoms. The number of hydrogen-bond acceptors (Lipinski definition) is 3. The Balaban J connectivity index is 1.95. The minimum Gasteiger partial charge on any atom is -0.444 e. The number of benzene rings is 1. The van der Waals surface area contributed by atoms with Crippen LogP contribution in [0.3, 0.4) is 0 Å². The number of hydrogen-bond donors (Lipinski definition) is 1. The number of carbonyl (C=O) groups is 1. The lowest BCUT2D eigenvalue weighted by atomic mass is 10.0. The quantitative estimate of drug-likeness (QED) is 0.905. The van der Waals surface area contributed by atoms with Crippen molar-refractivity contribution in [3.8, 4) is 0 Å². The molecule has 0 spiro atoms. The van der Waals surface area contributed by atoms with Gasteiger partial charge in [0, 0.05) is 24.7 Å². The summed E-state index contributed by atoms with van der Waals surface area (Å²) in [5, 5.41) is 2.78. The third-order valence-electron chi connectivity index (χ3n) is 4.03. The molecule has 0 unspecified atom stereocenters. The summed E-state index contributed by atoms with van der Waals surface area (Å²) in [4.78, 5) is 13.9. The van der Waals surface area contributed by atoms with Gasteiger partial charge in [-0.05, 0) is 46.2 Å². The molecule has 1 amide bonds. The maximum atomic E-state index is 13.9. The van der Waals surface area contributed by atoms with Crippen molar-refractivity contribution in [1.29, 1.82) is 0 Å². The number of ether oxygens (including phenoxy) is 1. The average molecular weight is 340 g/mol. The van der Waals surface area contributed by atoms with Crippen molar-refractivity contribution >= 4 is 6.09 Å². The number of nitrogens with one attached hydrogen (secondary N) is 1. The molecule has 0 radical (unpaired) electrons. The summed E-state index contributed by atoms with van der Waals surface area (Å²) in [6.07, 6.45) is 2.53. The van der Waals surface area contributed by atoms with E-state index in [4.69, 9.17) is 4.74 Å². The van der Waals surface area contributed by atoms with Gasteiger partial charge < -0.3 is 10.1 Å². The van der Waals surface area contributed by atoms with Crippen molar-refractivity contribution in [3.63, 3.8) is 0 Å². The highest BCUT2D eigenvalue weighted by Crippen LogP contribution is 2.21. The van der Waals surface area contributed by atoms with E-state index in [2.05, 4.69) is 10.2 Å². The first-order valence-electron chi connectivity index (χ1n) is 8.40. The molecule has 1 aromatic rings. The van der Waals surface area contributed by atoms with Crippen LogP contribution in [0.5, 0.6) is 0 Å². The fraction of sp³-hybridized carbons (Fsp3) is 0.611. The Labute approximate surface area is 142 Å². The fourth-order valence-electron chi connectivity index (χ4n) is 2.90. The minimum atomic E-state index is -0.826. The molecular weight excluding hydrogens is 314 g/mol. The van der Waals surface area contributed by atoms with E-state index in [0.717, 1.165) is 31.9 Å². The largest absolute Gasteiger partial charge is 0.444 e. The molecule has 1 heterocycles. The fourth-order valence-corrected chi connectivity index (χ4v) is 2.90. The van der Waals surface area contributed by atoms with Crippen molar-refractivity contribution in [2.75, 3.05) is 13.1 Å². The summed E-state index contributed by atoms with van der Waals surface area (Å²) in [5.41, 5.74) is -0.194. The monoisotopic (exact) mass is 340 g/mol. The van der Waals surface area contributed by atoms with Crippen LogP contribution in [0.15, 0.2) is 18.2 Å². The molecule has 1 aliphatic heterocycles. The number of rotatable bonds is 4. The molecule has 4 nitrogen and oxygen atoms in total. The topological polar surface area (TPSA) is 41.6 Å². The predicted octanol–water partition coefficient (Wildman–Crippen LogP) is 3.84. The third-order valence-corrected chi connectivity index (χ3v) is 4.03. The molecule has 0 aliphatic carbocycles. The number of carbonyl (C=O) groups excluding carboxylic acids is 1. The molecule has 0 aromatic heterocycles. The highest BCUT2D eigenvalue weighted by atomic mass is 19.2. The van der Waals surface area contributed by atoms with E-state index in [1.54, 1.807) is 6.07 Å². The lowest BCUT2D eigenvalue weighted by Gasteiger charge is -2.36. The first-order chi connectivity index (χ1) is 11.3. The zero-order valence-electron chi connectivity index (χ0n) is 14.6. The number of halogens is 2. The van der Waals surface area contributed by atoms with Gasteiger partial charge in [-0.15, -0.1) is 0 Å². The van der Waals surface area contributed by atoms with E-state index in [0.29, 0.717) is 18.7 Å². The van der Waals surface area contributed by atoms with E-state index < -0.39 is 23.3 Å². The molecule has 1 aromatic carbocycles. The van der Waals surface area contributed by atoms with Gasteiger partial charge in [0.15, 0.2) is 11.6 Å². The van der Waals surface area contributed by atoms with E-state index in [-0.39, 0.29) is 6.04 Å². The highest BCUT2D eigenvalue weighted by Gasteiger charge is 2.25. The number of piperidine rings is 1. The number of alkyl carbamates (subject to hydrolysis) is 1. The summed E-state index contributed by atoms with van der Waals surface area (Å²) < 4.78 is 32.5. The van der Waals surface area contributed by atoms with Crippen molar-refractivity contribution in [3.05, 3.63) is 35.4 Å². The predicted molar refractivity (Wildman–Crippen MR) is 88.6 cm³/mol. The summed E-state index contributed by atoms with van der Waals surface area (Å²) >= 11 is 0. The van der Waals surface area contributed by atoms with Gasteiger partial charge in [0.1, 0.15) is 5.60 Å². The Morgan fingerprint density at radius 2 is 2.08 bits per heavy atom. The normalized spacial score (nSPS) is 19.1. The Bertz CT molecular complexity index is 573. The highest BCUT2D eigenvalue weighted by molar-refractivity contribution is 5.67. The van der Waals surface area contributed by atoms with Gasteiger partial charge >= 0.3 is 6.09 Å². The zero-order valence-corrected chi connectivity index (χ0v) is 14.6. The summed E-state index contributed by atoms with van der Waals surface area (Å²) in [6.45, 7) is 7.01. The molecule has 2 rings (SSSR count). The molecule has 1 saturated heterocycles. The van der Waals surface area contributed by atoms with E-state index in [9.17, 15) is 13.6 Å². The molecule has 1 fully saturated rings. The maximum Gasteiger partial charge on any atom is 0.407 e. The second-order valence-corrected chi connectivity index (χ2v) is 7.22. The van der Waals surface area contributed by atoms with Crippen LogP contribution < -0.4 is 5.32 Å². The first kappa shape index (κ1) is 18.6. The van der Waals surface area contributed by atoms with Crippen LogP contribution in [0.25, 0.3) is 0 Å². The van der Waals surface area contributed by atoms with Crippen LogP contribution in [0.1, 0.15) is 45.6 Å². The Morgan fingerprint density at radius 3 is 2.79 bits per heavy atom. The van der Waals surface area contributed by atoms with Crippen LogP contribution >= 0.6 is 0 Å². The van der Waals surface area contributed by atoms with Crippen molar-refractivity contribution in [2.24, 2.45) is 0 Å². The number of nitrogens with zero attached hydrogens (tertiary/aromatic N) is 1. The van der Waals surface area contributed by atoms with Gasteiger partial charge in [-0.25, -0.2) is 13.6 Å². The van der Waals surface area contributed by atoms with Crippen molar-refractivity contribution in [2.45, 2.75) is 58.2 Å². The summed E-state index contributed by atoms with van der Waals surface area (Å²) in [7, 11) is 0. The molecule has 1 N–H and O–H groups in total. The second-order valence-electron chi connectivity index (χ2n) is 7.22. The minimum absolute atomic E-state index is 0.0916. The standard InChI is InChI=1S/C18H26F2N2O2/c1-18(2,3)24-17(23)21-11-14-8-4-5-10-22(14)12-13-7-6-9-15(19)16(13)20/h6-7,9,14H,4-5,8,10-12H2,1-3H3,(H,21,23)/t14-/m1/s1. The van der Waals surface area contributed by atoms with Gasteiger partial charge in [0.05, 0.1) is 0 Å². The van der Waals surface area contributed by atoms with E-state index in [1.165, 1.54) is 6.07 Å². The average Bonchev–Trinajstić information content (AvgIpc) is 2.49. The Hall–Kier alpha value is -1.69. The lowest BCUT2D eigenvalue weighted by Crippen LogP contribution is -2.47. The summed E-state index contributed by atoms with van der Waals surface area (Å²) in [5.74, 6) is -1.62. The van der Waals surface area contributed by atoms with Crippen LogP contribution in [-0.4, -0.2) is 35.7 Å².